The normalized spacial score (nSPS) is 18.9. The minimum atomic E-state index is -4.26. The zero-order chi connectivity index (χ0) is 26.3. The summed E-state index contributed by atoms with van der Waals surface area (Å²) in [5.74, 6) is -3.09. The van der Waals surface area contributed by atoms with Gasteiger partial charge in [-0.1, -0.05) is 35.9 Å². The van der Waals surface area contributed by atoms with Gasteiger partial charge in [-0.3, -0.25) is 4.79 Å². The first-order valence-corrected chi connectivity index (χ1v) is 12.7. The van der Waals surface area contributed by atoms with E-state index in [9.17, 15) is 26.8 Å². The van der Waals surface area contributed by atoms with Crippen molar-refractivity contribution in [2.45, 2.75) is 29.7 Å². The van der Waals surface area contributed by atoms with Crippen molar-refractivity contribution in [2.24, 2.45) is 0 Å². The number of nitrogens with one attached hydrogen (secondary N) is 2. The Morgan fingerprint density at radius 2 is 1.69 bits per heavy atom. The van der Waals surface area contributed by atoms with E-state index in [1.54, 1.807) is 37.3 Å². The molecule has 1 fully saturated rings. The second-order valence-corrected chi connectivity index (χ2v) is 10.7. The van der Waals surface area contributed by atoms with Crippen LogP contribution >= 0.6 is 11.6 Å². The fourth-order valence-electron chi connectivity index (χ4n) is 4.23. The van der Waals surface area contributed by atoms with Crippen molar-refractivity contribution in [1.29, 1.82) is 0 Å². The van der Waals surface area contributed by atoms with Gasteiger partial charge >= 0.3 is 6.03 Å². The van der Waals surface area contributed by atoms with Crippen molar-refractivity contribution in [3.05, 3.63) is 94.5 Å². The summed E-state index contributed by atoms with van der Waals surface area (Å²) < 4.78 is 55.4. The van der Waals surface area contributed by atoms with Crippen molar-refractivity contribution in [2.75, 3.05) is 11.9 Å². The molecule has 0 aromatic heterocycles. The molecule has 36 heavy (non-hydrogen) atoms. The average Bonchev–Trinajstić information content (AvgIpc) is 3.52. The number of rotatable bonds is 6. The Balaban J connectivity index is 1.65. The minimum absolute atomic E-state index is 0.00252. The molecule has 0 bridgehead atoms. The molecule has 1 aliphatic rings. The first-order valence-electron chi connectivity index (χ1n) is 10.8. The van der Waals surface area contributed by atoms with Crippen molar-refractivity contribution in [3.8, 4) is 0 Å². The number of hydrogen-bond donors (Lipinski definition) is 2. The quantitative estimate of drug-likeness (QED) is 0.487. The number of benzene rings is 3. The van der Waals surface area contributed by atoms with Crippen LogP contribution in [0.25, 0.3) is 0 Å². The Morgan fingerprint density at radius 3 is 2.33 bits per heavy atom. The minimum Gasteiger partial charge on any atom is -0.322 e. The van der Waals surface area contributed by atoms with Gasteiger partial charge in [0.1, 0.15) is 17.2 Å². The van der Waals surface area contributed by atoms with Gasteiger partial charge in [0, 0.05) is 29.7 Å². The molecule has 0 spiro atoms. The summed E-state index contributed by atoms with van der Waals surface area (Å²) in [5, 5.41) is 2.84. The molecule has 3 amide bonds. The molecule has 1 unspecified atom stereocenters. The Labute approximate surface area is 212 Å². The summed E-state index contributed by atoms with van der Waals surface area (Å²) in [6, 6.07) is 14.2. The second kappa shape index (κ2) is 9.51. The number of carbonyl (C=O) groups excluding carboxylic acids is 2. The Bertz CT molecular complexity index is 1450. The SMILES string of the molecule is Cc1ccccc1S(=O)(=O)NC(=O)NC1(C(=O)N(C)c2cccc(Cl)c2)C[C@@H]1c1cc(F)cc(F)c1. The molecule has 2 atom stereocenters. The third-order valence-electron chi connectivity index (χ3n) is 6.08. The van der Waals surface area contributed by atoms with Crippen LogP contribution in [0.5, 0.6) is 0 Å². The number of carbonyl (C=O) groups is 2. The van der Waals surface area contributed by atoms with Crippen LogP contribution in [0.1, 0.15) is 23.5 Å². The molecule has 188 valence electrons. The molecule has 2 N–H and O–H groups in total. The van der Waals surface area contributed by atoms with E-state index in [1.165, 1.54) is 30.1 Å². The number of hydrogen-bond acceptors (Lipinski definition) is 4. The molecule has 0 aliphatic heterocycles. The summed E-state index contributed by atoms with van der Waals surface area (Å²) in [7, 11) is -2.80. The standard InChI is InChI=1S/C25H22ClF2N3O4S/c1-15-6-3-4-9-22(15)36(34,35)30-24(33)29-25(14-21(25)16-10-18(27)13-19(28)11-16)23(32)31(2)20-8-5-7-17(26)12-20/h3-13,21H,14H2,1-2H3,(H2,29,30,33)/t21-,25?/m1/s1. The van der Waals surface area contributed by atoms with Gasteiger partial charge < -0.3 is 10.2 Å². The summed E-state index contributed by atoms with van der Waals surface area (Å²) in [6.45, 7) is 1.58. The third-order valence-corrected chi connectivity index (χ3v) is 7.80. The van der Waals surface area contributed by atoms with Crippen molar-refractivity contribution in [1.82, 2.24) is 10.0 Å². The maximum absolute atomic E-state index is 13.9. The van der Waals surface area contributed by atoms with E-state index in [4.69, 9.17) is 11.6 Å². The summed E-state index contributed by atoms with van der Waals surface area (Å²) in [4.78, 5) is 27.7. The van der Waals surface area contributed by atoms with E-state index in [0.29, 0.717) is 22.3 Å². The second-order valence-electron chi connectivity index (χ2n) is 8.60. The van der Waals surface area contributed by atoms with E-state index in [-0.39, 0.29) is 16.9 Å². The van der Waals surface area contributed by atoms with Gasteiger partial charge in [-0.05, 0) is 60.9 Å². The molecular weight excluding hydrogens is 512 g/mol. The van der Waals surface area contributed by atoms with E-state index in [1.807, 2.05) is 4.72 Å². The van der Waals surface area contributed by atoms with Crippen LogP contribution in [-0.4, -0.2) is 32.9 Å². The number of halogens is 3. The van der Waals surface area contributed by atoms with Crippen LogP contribution in [0.2, 0.25) is 5.02 Å². The van der Waals surface area contributed by atoms with Gasteiger partial charge in [-0.2, -0.15) is 0 Å². The number of aryl methyl sites for hydroxylation is 1. The average molecular weight is 534 g/mol. The van der Waals surface area contributed by atoms with Crippen LogP contribution in [0.15, 0.2) is 71.6 Å². The maximum Gasteiger partial charge on any atom is 0.329 e. The predicted octanol–water partition coefficient (Wildman–Crippen LogP) is 4.50. The molecular formula is C25H22ClF2N3O4S. The first kappa shape index (κ1) is 25.6. The Hall–Kier alpha value is -3.50. The summed E-state index contributed by atoms with van der Waals surface area (Å²) in [6.07, 6.45) is -0.00252. The lowest BCUT2D eigenvalue weighted by Crippen LogP contribution is -2.54. The molecule has 3 aromatic carbocycles. The fraction of sp³-hybridized carbons (Fsp3) is 0.200. The van der Waals surface area contributed by atoms with Crippen molar-refractivity contribution >= 4 is 39.2 Å². The molecule has 4 rings (SSSR count). The van der Waals surface area contributed by atoms with Gasteiger partial charge in [0.05, 0.1) is 4.90 Å². The zero-order valence-electron chi connectivity index (χ0n) is 19.3. The lowest BCUT2D eigenvalue weighted by Gasteiger charge is -2.26. The van der Waals surface area contributed by atoms with E-state index in [0.717, 1.165) is 12.1 Å². The van der Waals surface area contributed by atoms with E-state index < -0.39 is 45.1 Å². The third kappa shape index (κ3) is 5.05. The van der Waals surface area contributed by atoms with Crippen LogP contribution in [0.4, 0.5) is 19.3 Å². The molecule has 1 aliphatic carbocycles. The number of amides is 3. The summed E-state index contributed by atoms with van der Waals surface area (Å²) in [5.41, 5.74) is -0.660. The van der Waals surface area contributed by atoms with Gasteiger partial charge in [-0.15, -0.1) is 0 Å². The van der Waals surface area contributed by atoms with Crippen molar-refractivity contribution in [3.63, 3.8) is 0 Å². The number of anilines is 1. The fourth-order valence-corrected chi connectivity index (χ4v) is 5.57. The highest BCUT2D eigenvalue weighted by Gasteiger charge is 2.63. The predicted molar refractivity (Wildman–Crippen MR) is 131 cm³/mol. The lowest BCUT2D eigenvalue weighted by atomic mass is 10.0. The monoisotopic (exact) mass is 533 g/mol. The number of nitrogens with zero attached hydrogens (tertiary/aromatic N) is 1. The smallest absolute Gasteiger partial charge is 0.322 e. The van der Waals surface area contributed by atoms with Crippen LogP contribution in [-0.2, 0) is 14.8 Å². The molecule has 7 nitrogen and oxygen atoms in total. The number of urea groups is 1. The van der Waals surface area contributed by atoms with Gasteiger partial charge in [0.15, 0.2) is 0 Å². The van der Waals surface area contributed by atoms with E-state index >= 15 is 0 Å². The zero-order valence-corrected chi connectivity index (χ0v) is 20.8. The van der Waals surface area contributed by atoms with Gasteiger partial charge in [-0.25, -0.2) is 26.7 Å². The summed E-state index contributed by atoms with van der Waals surface area (Å²) >= 11 is 6.04. The Kier molecular flexibility index (Phi) is 6.76. The molecule has 11 heteroatoms. The molecule has 0 saturated heterocycles. The molecule has 0 radical (unpaired) electrons. The largest absolute Gasteiger partial charge is 0.329 e. The Morgan fingerprint density at radius 1 is 1.03 bits per heavy atom. The first-order chi connectivity index (χ1) is 16.9. The number of sulfonamides is 1. The molecule has 3 aromatic rings. The highest BCUT2D eigenvalue weighted by Crippen LogP contribution is 2.53. The van der Waals surface area contributed by atoms with Gasteiger partial charge in [0.2, 0.25) is 0 Å². The van der Waals surface area contributed by atoms with Gasteiger partial charge in [0.25, 0.3) is 15.9 Å². The van der Waals surface area contributed by atoms with E-state index in [2.05, 4.69) is 5.32 Å². The van der Waals surface area contributed by atoms with Crippen LogP contribution in [0, 0.1) is 18.6 Å². The van der Waals surface area contributed by atoms with Crippen LogP contribution < -0.4 is 14.9 Å². The topological polar surface area (TPSA) is 95.6 Å². The highest BCUT2D eigenvalue weighted by molar-refractivity contribution is 7.90. The lowest BCUT2D eigenvalue weighted by molar-refractivity contribution is -0.121. The van der Waals surface area contributed by atoms with Crippen molar-refractivity contribution < 1.29 is 26.8 Å². The number of likely N-dealkylation sites (N-methyl/N-ethyl adjacent to an activating group) is 1. The van der Waals surface area contributed by atoms with Crippen LogP contribution in [0.3, 0.4) is 0 Å². The highest BCUT2D eigenvalue weighted by atomic mass is 35.5. The molecule has 0 heterocycles. The maximum atomic E-state index is 13.9. The molecule has 1 saturated carbocycles.